The molecule has 0 saturated heterocycles. The molecule has 0 N–H and O–H groups in total. The SMILES string of the molecule is O=C(Cl)C1(C(=O)Cl)CC=Cc2ccccc21. The highest BCUT2D eigenvalue weighted by Gasteiger charge is 2.46. The van der Waals surface area contributed by atoms with Crippen LogP contribution in [0.25, 0.3) is 6.08 Å². The van der Waals surface area contributed by atoms with Crippen LogP contribution < -0.4 is 0 Å². The van der Waals surface area contributed by atoms with Crippen LogP contribution in [0.4, 0.5) is 0 Å². The van der Waals surface area contributed by atoms with Crippen LogP contribution in [0.5, 0.6) is 0 Å². The molecule has 0 saturated carbocycles. The Kier molecular flexibility index (Phi) is 2.87. The Bertz CT molecular complexity index is 478. The molecule has 0 spiro atoms. The van der Waals surface area contributed by atoms with Gasteiger partial charge in [-0.15, -0.1) is 0 Å². The first-order valence-corrected chi connectivity index (χ1v) is 5.50. The summed E-state index contributed by atoms with van der Waals surface area (Å²) < 4.78 is 0. The van der Waals surface area contributed by atoms with Crippen LogP contribution in [0.2, 0.25) is 0 Å². The maximum atomic E-state index is 11.6. The quantitative estimate of drug-likeness (QED) is 0.601. The van der Waals surface area contributed by atoms with Gasteiger partial charge in [-0.25, -0.2) is 0 Å². The van der Waals surface area contributed by atoms with Crippen molar-refractivity contribution in [2.24, 2.45) is 0 Å². The second-order valence-corrected chi connectivity index (χ2v) is 4.33. The first-order valence-electron chi connectivity index (χ1n) is 4.75. The van der Waals surface area contributed by atoms with Gasteiger partial charge in [0.05, 0.1) is 0 Å². The predicted molar refractivity (Wildman–Crippen MR) is 63.5 cm³/mol. The second-order valence-electron chi connectivity index (χ2n) is 3.65. The second kappa shape index (κ2) is 4.04. The Morgan fingerprint density at radius 3 is 2.38 bits per heavy atom. The van der Waals surface area contributed by atoms with Gasteiger partial charge in [-0.05, 0) is 40.7 Å². The summed E-state index contributed by atoms with van der Waals surface area (Å²) in [6.07, 6.45) is 3.81. The van der Waals surface area contributed by atoms with Crippen molar-refractivity contribution in [3.05, 3.63) is 41.5 Å². The lowest BCUT2D eigenvalue weighted by Crippen LogP contribution is -2.40. The molecule has 0 bridgehead atoms. The van der Waals surface area contributed by atoms with Crippen LogP contribution >= 0.6 is 23.2 Å². The van der Waals surface area contributed by atoms with Gasteiger partial charge < -0.3 is 0 Å². The van der Waals surface area contributed by atoms with Crippen LogP contribution in [0.3, 0.4) is 0 Å². The van der Waals surface area contributed by atoms with Crippen molar-refractivity contribution < 1.29 is 9.59 Å². The van der Waals surface area contributed by atoms with Gasteiger partial charge in [0.15, 0.2) is 0 Å². The minimum Gasteiger partial charge on any atom is -0.280 e. The average Bonchev–Trinajstić information content (AvgIpc) is 2.27. The summed E-state index contributed by atoms with van der Waals surface area (Å²) in [5.74, 6) is 0. The first-order chi connectivity index (χ1) is 7.59. The van der Waals surface area contributed by atoms with E-state index in [0.29, 0.717) is 5.56 Å². The lowest BCUT2D eigenvalue weighted by molar-refractivity contribution is -0.126. The van der Waals surface area contributed by atoms with E-state index in [4.69, 9.17) is 23.2 Å². The number of carbonyl (C=O) groups is 2. The van der Waals surface area contributed by atoms with Gasteiger partial charge in [0, 0.05) is 0 Å². The van der Waals surface area contributed by atoms with Gasteiger partial charge in [0.1, 0.15) is 5.41 Å². The smallest absolute Gasteiger partial charge is 0.241 e. The highest BCUT2D eigenvalue weighted by atomic mass is 35.5. The van der Waals surface area contributed by atoms with Crippen molar-refractivity contribution in [1.29, 1.82) is 0 Å². The fraction of sp³-hybridized carbons (Fsp3) is 0.167. The van der Waals surface area contributed by atoms with Crippen LogP contribution in [-0.4, -0.2) is 10.5 Å². The Morgan fingerprint density at radius 1 is 1.12 bits per heavy atom. The fourth-order valence-electron chi connectivity index (χ4n) is 1.95. The van der Waals surface area contributed by atoms with E-state index in [1.807, 2.05) is 18.2 Å². The number of rotatable bonds is 2. The zero-order valence-corrected chi connectivity index (χ0v) is 9.76. The molecule has 4 heteroatoms. The molecule has 82 valence electrons. The van der Waals surface area contributed by atoms with E-state index < -0.39 is 15.9 Å². The highest BCUT2D eigenvalue weighted by molar-refractivity contribution is 6.76. The molecule has 1 aliphatic rings. The third-order valence-electron chi connectivity index (χ3n) is 2.81. The summed E-state index contributed by atoms with van der Waals surface area (Å²) in [7, 11) is 0. The number of allylic oxidation sites excluding steroid dienone is 1. The van der Waals surface area contributed by atoms with Gasteiger partial charge in [-0.2, -0.15) is 0 Å². The summed E-state index contributed by atoms with van der Waals surface area (Å²) in [4.78, 5) is 23.1. The maximum Gasteiger partial charge on any atom is 0.241 e. The van der Waals surface area contributed by atoms with Gasteiger partial charge in [0.2, 0.25) is 10.5 Å². The van der Waals surface area contributed by atoms with E-state index in [1.165, 1.54) is 0 Å². The predicted octanol–water partition coefficient (Wildman–Crippen LogP) is 2.87. The number of carbonyl (C=O) groups excluding carboxylic acids is 2. The molecular formula is C12H8Cl2O2. The highest BCUT2D eigenvalue weighted by Crippen LogP contribution is 2.39. The molecule has 1 aromatic rings. The van der Waals surface area contributed by atoms with Gasteiger partial charge in [0.25, 0.3) is 0 Å². The van der Waals surface area contributed by atoms with Crippen molar-refractivity contribution in [1.82, 2.24) is 0 Å². The molecule has 0 atom stereocenters. The molecule has 0 aliphatic heterocycles. The molecule has 0 amide bonds. The van der Waals surface area contributed by atoms with Crippen LogP contribution in [0.15, 0.2) is 30.3 Å². The minimum absolute atomic E-state index is 0.217. The van der Waals surface area contributed by atoms with Crippen molar-refractivity contribution in [2.75, 3.05) is 0 Å². The molecular weight excluding hydrogens is 247 g/mol. The largest absolute Gasteiger partial charge is 0.280 e. The third kappa shape index (κ3) is 1.49. The monoisotopic (exact) mass is 254 g/mol. The van der Waals surface area contributed by atoms with Gasteiger partial charge >= 0.3 is 0 Å². The summed E-state index contributed by atoms with van der Waals surface area (Å²) in [5.41, 5.74) is -0.0386. The number of benzene rings is 1. The third-order valence-corrected chi connectivity index (χ3v) is 3.46. The van der Waals surface area contributed by atoms with Crippen molar-refractivity contribution in [2.45, 2.75) is 11.8 Å². The van der Waals surface area contributed by atoms with Gasteiger partial charge in [-0.3, -0.25) is 9.59 Å². The topological polar surface area (TPSA) is 34.1 Å². The van der Waals surface area contributed by atoms with Crippen molar-refractivity contribution >= 4 is 39.8 Å². The Hall–Kier alpha value is -1.12. The van der Waals surface area contributed by atoms with E-state index >= 15 is 0 Å². The van der Waals surface area contributed by atoms with Crippen LogP contribution in [-0.2, 0) is 15.0 Å². The molecule has 0 fully saturated rings. The van der Waals surface area contributed by atoms with E-state index in [1.54, 1.807) is 18.2 Å². The summed E-state index contributed by atoms with van der Waals surface area (Å²) in [6, 6.07) is 7.11. The maximum absolute atomic E-state index is 11.6. The number of halogens is 2. The Labute approximate surface area is 103 Å². The van der Waals surface area contributed by atoms with E-state index in [2.05, 4.69) is 0 Å². The minimum atomic E-state index is -1.42. The summed E-state index contributed by atoms with van der Waals surface area (Å²) >= 11 is 11.1. The average molecular weight is 255 g/mol. The molecule has 2 nitrogen and oxygen atoms in total. The molecule has 2 rings (SSSR count). The molecule has 16 heavy (non-hydrogen) atoms. The lowest BCUT2D eigenvalue weighted by Gasteiger charge is -2.29. The lowest BCUT2D eigenvalue weighted by atomic mass is 9.74. The normalized spacial score (nSPS) is 16.6. The molecule has 0 radical (unpaired) electrons. The van der Waals surface area contributed by atoms with Crippen LogP contribution in [0.1, 0.15) is 17.5 Å². The fourth-order valence-corrected chi connectivity index (χ4v) is 2.53. The van der Waals surface area contributed by atoms with E-state index in [0.717, 1.165) is 5.56 Å². The number of hydrogen-bond acceptors (Lipinski definition) is 2. The molecule has 1 aromatic carbocycles. The molecule has 1 aliphatic carbocycles. The molecule has 0 unspecified atom stereocenters. The Balaban J connectivity index is 2.71. The molecule has 0 heterocycles. The zero-order chi connectivity index (χ0) is 11.8. The van der Waals surface area contributed by atoms with Crippen molar-refractivity contribution in [3.63, 3.8) is 0 Å². The first kappa shape index (κ1) is 11.4. The summed E-state index contributed by atoms with van der Waals surface area (Å²) in [5, 5.41) is -1.46. The number of hydrogen-bond donors (Lipinski definition) is 0. The van der Waals surface area contributed by atoms with Crippen LogP contribution in [0, 0.1) is 0 Å². The van der Waals surface area contributed by atoms with Gasteiger partial charge in [-0.1, -0.05) is 36.4 Å². The summed E-state index contributed by atoms with van der Waals surface area (Å²) in [6.45, 7) is 0. The van der Waals surface area contributed by atoms with E-state index in [-0.39, 0.29) is 6.42 Å². The standard InChI is InChI=1S/C12H8Cl2O2/c13-10(15)12(11(14)16)7-3-5-8-4-1-2-6-9(8)12/h1-6H,7H2. The molecule has 0 aromatic heterocycles. The van der Waals surface area contributed by atoms with Crippen molar-refractivity contribution in [3.8, 4) is 0 Å². The van der Waals surface area contributed by atoms with E-state index in [9.17, 15) is 9.59 Å². The zero-order valence-electron chi connectivity index (χ0n) is 8.24. The number of fused-ring (bicyclic) bond motifs is 1. The Morgan fingerprint density at radius 2 is 1.75 bits per heavy atom.